The third-order valence-corrected chi connectivity index (χ3v) is 2.92. The summed E-state index contributed by atoms with van der Waals surface area (Å²) in [6, 6.07) is 3.60. The highest BCUT2D eigenvalue weighted by Crippen LogP contribution is 2.10. The molecule has 0 radical (unpaired) electrons. The zero-order valence-corrected chi connectivity index (χ0v) is 10.6. The van der Waals surface area contributed by atoms with Crippen LogP contribution in [0, 0.1) is 5.92 Å². The van der Waals surface area contributed by atoms with Crippen LogP contribution in [0.3, 0.4) is 0 Å². The third kappa shape index (κ3) is 4.15. The number of hydrogen-bond donors (Lipinski definition) is 1. The van der Waals surface area contributed by atoms with Crippen molar-refractivity contribution in [1.29, 1.82) is 0 Å². The Kier molecular flexibility index (Phi) is 5.63. The second-order valence-electron chi connectivity index (χ2n) is 4.13. The van der Waals surface area contributed by atoms with Gasteiger partial charge >= 0.3 is 5.97 Å². The lowest BCUT2D eigenvalue weighted by molar-refractivity contribution is -0.144. The second kappa shape index (κ2) is 7.01. The van der Waals surface area contributed by atoms with Crippen LogP contribution in [0.5, 0.6) is 0 Å². The van der Waals surface area contributed by atoms with Crippen LogP contribution in [0.25, 0.3) is 0 Å². The first-order valence-electron chi connectivity index (χ1n) is 5.89. The quantitative estimate of drug-likeness (QED) is 0.765. The fraction of sp³-hybridized carbons (Fsp3) is 0.538. The van der Waals surface area contributed by atoms with E-state index >= 15 is 0 Å². The highest BCUT2D eigenvalue weighted by Gasteiger charge is 2.23. The second-order valence-corrected chi connectivity index (χ2v) is 4.13. The summed E-state index contributed by atoms with van der Waals surface area (Å²) in [5, 5.41) is 3.22. The van der Waals surface area contributed by atoms with Gasteiger partial charge in [0.1, 0.15) is 6.04 Å². The van der Waals surface area contributed by atoms with Gasteiger partial charge in [0.05, 0.1) is 7.11 Å². The lowest BCUT2D eigenvalue weighted by Crippen LogP contribution is -2.42. The molecule has 2 atom stereocenters. The Balaban J connectivity index is 2.58. The molecule has 0 aliphatic heterocycles. The van der Waals surface area contributed by atoms with Crippen molar-refractivity contribution in [2.24, 2.45) is 5.92 Å². The zero-order chi connectivity index (χ0) is 12.7. The van der Waals surface area contributed by atoms with Crippen LogP contribution < -0.4 is 5.32 Å². The third-order valence-electron chi connectivity index (χ3n) is 2.92. The largest absolute Gasteiger partial charge is 0.468 e. The van der Waals surface area contributed by atoms with E-state index in [1.807, 2.05) is 19.1 Å². The van der Waals surface area contributed by atoms with Crippen molar-refractivity contribution in [3.05, 3.63) is 30.1 Å². The molecule has 1 aromatic rings. The number of carbonyl (C=O) groups excluding carboxylic acids is 1. The Morgan fingerprint density at radius 3 is 2.88 bits per heavy atom. The van der Waals surface area contributed by atoms with E-state index in [1.165, 1.54) is 7.11 Å². The molecule has 0 aromatic carbocycles. The molecular formula is C13H20N2O2. The summed E-state index contributed by atoms with van der Waals surface area (Å²) >= 11 is 0. The first-order chi connectivity index (χ1) is 8.19. The van der Waals surface area contributed by atoms with E-state index in [2.05, 4.69) is 17.2 Å². The smallest absolute Gasteiger partial charge is 0.323 e. The van der Waals surface area contributed by atoms with E-state index in [9.17, 15) is 4.79 Å². The molecule has 0 saturated heterocycles. The molecule has 0 spiro atoms. The van der Waals surface area contributed by atoms with Gasteiger partial charge in [0.25, 0.3) is 0 Å². The summed E-state index contributed by atoms with van der Waals surface area (Å²) < 4.78 is 4.81. The van der Waals surface area contributed by atoms with Crippen LogP contribution in [0.15, 0.2) is 24.5 Å². The average Bonchev–Trinajstić information content (AvgIpc) is 2.39. The zero-order valence-electron chi connectivity index (χ0n) is 10.6. The Bertz CT molecular complexity index is 341. The number of nitrogens with one attached hydrogen (secondary N) is 1. The minimum Gasteiger partial charge on any atom is -0.468 e. The predicted octanol–water partition coefficient (Wildman–Crippen LogP) is 1.76. The number of methoxy groups -OCH3 is 1. The molecule has 1 N–H and O–H groups in total. The van der Waals surface area contributed by atoms with Crippen molar-refractivity contribution in [3.63, 3.8) is 0 Å². The van der Waals surface area contributed by atoms with Crippen LogP contribution in [0.4, 0.5) is 0 Å². The van der Waals surface area contributed by atoms with Crippen molar-refractivity contribution in [2.45, 2.75) is 32.9 Å². The molecule has 0 aliphatic rings. The maximum atomic E-state index is 11.6. The molecule has 2 unspecified atom stereocenters. The molecule has 1 heterocycles. The molecule has 4 nitrogen and oxygen atoms in total. The topological polar surface area (TPSA) is 51.2 Å². The van der Waals surface area contributed by atoms with E-state index in [1.54, 1.807) is 12.4 Å². The van der Waals surface area contributed by atoms with Gasteiger partial charge in [-0.3, -0.25) is 9.78 Å². The lowest BCUT2D eigenvalue weighted by atomic mass is 9.99. The molecule has 94 valence electrons. The van der Waals surface area contributed by atoms with Gasteiger partial charge in [-0.15, -0.1) is 0 Å². The molecule has 1 rings (SSSR count). The first kappa shape index (κ1) is 13.6. The Labute approximate surface area is 102 Å². The van der Waals surface area contributed by atoms with Crippen LogP contribution in [0.2, 0.25) is 0 Å². The number of esters is 1. The van der Waals surface area contributed by atoms with Crippen molar-refractivity contribution < 1.29 is 9.53 Å². The predicted molar refractivity (Wildman–Crippen MR) is 66.3 cm³/mol. The molecule has 0 bridgehead atoms. The molecule has 0 amide bonds. The highest BCUT2D eigenvalue weighted by atomic mass is 16.5. The Hall–Kier alpha value is -1.42. The fourth-order valence-corrected chi connectivity index (χ4v) is 1.61. The van der Waals surface area contributed by atoms with Gasteiger partial charge < -0.3 is 10.1 Å². The van der Waals surface area contributed by atoms with Crippen LogP contribution in [0.1, 0.15) is 25.8 Å². The van der Waals surface area contributed by atoms with E-state index in [0.717, 1.165) is 12.0 Å². The highest BCUT2D eigenvalue weighted by molar-refractivity contribution is 5.75. The van der Waals surface area contributed by atoms with Gasteiger partial charge in [-0.2, -0.15) is 0 Å². The number of carbonyl (C=O) groups is 1. The summed E-state index contributed by atoms with van der Waals surface area (Å²) in [6.45, 7) is 4.72. The number of aromatic nitrogens is 1. The molecule has 0 aliphatic carbocycles. The standard InChI is InChI=1S/C13H20N2O2/c1-4-10(2)12(13(16)17-3)15-9-11-6-5-7-14-8-11/h5-8,10,12,15H,4,9H2,1-3H3. The van der Waals surface area contributed by atoms with Crippen molar-refractivity contribution in [3.8, 4) is 0 Å². The first-order valence-corrected chi connectivity index (χ1v) is 5.89. The van der Waals surface area contributed by atoms with Gasteiger partial charge in [0.15, 0.2) is 0 Å². The molecule has 17 heavy (non-hydrogen) atoms. The molecule has 1 aromatic heterocycles. The number of pyridine rings is 1. The van der Waals surface area contributed by atoms with E-state index in [0.29, 0.717) is 6.54 Å². The number of rotatable bonds is 6. The maximum absolute atomic E-state index is 11.6. The van der Waals surface area contributed by atoms with Crippen LogP contribution >= 0.6 is 0 Å². The Morgan fingerprint density at radius 1 is 1.59 bits per heavy atom. The van der Waals surface area contributed by atoms with E-state index in [-0.39, 0.29) is 17.9 Å². The van der Waals surface area contributed by atoms with Crippen molar-refractivity contribution in [2.75, 3.05) is 7.11 Å². The van der Waals surface area contributed by atoms with Crippen LogP contribution in [-0.2, 0) is 16.1 Å². The van der Waals surface area contributed by atoms with Gasteiger partial charge in [0.2, 0.25) is 0 Å². The molecule has 4 heteroatoms. The molecule has 0 saturated carbocycles. The minimum atomic E-state index is -0.259. The van der Waals surface area contributed by atoms with Gasteiger partial charge in [-0.25, -0.2) is 0 Å². The maximum Gasteiger partial charge on any atom is 0.323 e. The van der Waals surface area contributed by atoms with Crippen molar-refractivity contribution in [1.82, 2.24) is 10.3 Å². The van der Waals surface area contributed by atoms with E-state index in [4.69, 9.17) is 4.74 Å². The number of ether oxygens (including phenoxy) is 1. The Morgan fingerprint density at radius 2 is 2.35 bits per heavy atom. The van der Waals surface area contributed by atoms with E-state index < -0.39 is 0 Å². The summed E-state index contributed by atoms with van der Waals surface area (Å²) in [4.78, 5) is 15.7. The fourth-order valence-electron chi connectivity index (χ4n) is 1.61. The number of hydrogen-bond acceptors (Lipinski definition) is 4. The summed E-state index contributed by atoms with van der Waals surface area (Å²) in [6.07, 6.45) is 4.45. The summed E-state index contributed by atoms with van der Waals surface area (Å²) in [5.74, 6) is 0.0439. The molecular weight excluding hydrogens is 216 g/mol. The lowest BCUT2D eigenvalue weighted by Gasteiger charge is -2.21. The number of nitrogens with zero attached hydrogens (tertiary/aromatic N) is 1. The summed E-state index contributed by atoms with van der Waals surface area (Å²) in [5.41, 5.74) is 1.06. The normalized spacial score (nSPS) is 14.1. The average molecular weight is 236 g/mol. The van der Waals surface area contributed by atoms with Crippen molar-refractivity contribution >= 4 is 5.97 Å². The van der Waals surface area contributed by atoms with Gasteiger partial charge in [-0.05, 0) is 17.5 Å². The monoisotopic (exact) mass is 236 g/mol. The molecule has 0 fully saturated rings. The minimum absolute atomic E-state index is 0.205. The SMILES string of the molecule is CCC(C)C(NCc1cccnc1)C(=O)OC. The van der Waals surface area contributed by atoms with Crippen LogP contribution in [-0.4, -0.2) is 24.1 Å². The van der Waals surface area contributed by atoms with Gasteiger partial charge in [0, 0.05) is 18.9 Å². The van der Waals surface area contributed by atoms with Gasteiger partial charge in [-0.1, -0.05) is 26.3 Å². The summed E-state index contributed by atoms with van der Waals surface area (Å²) in [7, 11) is 1.42.